The Balaban J connectivity index is 1.71. The van der Waals surface area contributed by atoms with Gasteiger partial charge < -0.3 is 9.73 Å². The third-order valence-electron chi connectivity index (χ3n) is 3.78. The molecule has 0 atom stereocenters. The van der Waals surface area contributed by atoms with Gasteiger partial charge in [0, 0.05) is 16.6 Å². The van der Waals surface area contributed by atoms with Crippen LogP contribution in [0.4, 0.5) is 0 Å². The number of nitrogens with one attached hydrogen (secondary N) is 1. The molecule has 106 valence electrons. The smallest absolute Gasteiger partial charge is 0.135 e. The first-order valence-corrected chi connectivity index (χ1v) is 7.75. The molecule has 3 rings (SSSR count). The van der Waals surface area contributed by atoms with Crippen molar-refractivity contribution in [3.05, 3.63) is 46.1 Å². The number of hydrogen-bond acceptors (Lipinski definition) is 2. The maximum Gasteiger partial charge on any atom is 0.135 e. The summed E-state index contributed by atoms with van der Waals surface area (Å²) < 4.78 is 5.86. The van der Waals surface area contributed by atoms with Crippen LogP contribution in [0.15, 0.2) is 34.7 Å². The van der Waals surface area contributed by atoms with Crippen molar-refractivity contribution in [3.63, 3.8) is 0 Å². The molecule has 0 spiro atoms. The minimum atomic E-state index is 0.637. The second-order valence-corrected chi connectivity index (χ2v) is 6.10. The summed E-state index contributed by atoms with van der Waals surface area (Å²) in [5.41, 5.74) is 0.839. The van der Waals surface area contributed by atoms with Crippen LogP contribution in [0.2, 0.25) is 10.0 Å². The molecule has 1 aliphatic rings. The van der Waals surface area contributed by atoms with E-state index in [1.807, 2.05) is 18.2 Å². The molecule has 1 heterocycles. The minimum Gasteiger partial charge on any atom is -0.460 e. The molecule has 1 N–H and O–H groups in total. The molecule has 0 saturated heterocycles. The van der Waals surface area contributed by atoms with E-state index >= 15 is 0 Å². The summed E-state index contributed by atoms with van der Waals surface area (Å²) in [5, 5.41) is 4.85. The van der Waals surface area contributed by atoms with Gasteiger partial charge in [-0.05, 0) is 43.2 Å². The molecule has 2 nitrogen and oxygen atoms in total. The second kappa shape index (κ2) is 6.21. The Morgan fingerprint density at radius 3 is 2.70 bits per heavy atom. The van der Waals surface area contributed by atoms with E-state index in [1.54, 1.807) is 12.1 Å². The Hall–Kier alpha value is -0.960. The Kier molecular flexibility index (Phi) is 4.35. The van der Waals surface area contributed by atoms with Crippen molar-refractivity contribution in [1.82, 2.24) is 5.32 Å². The van der Waals surface area contributed by atoms with Gasteiger partial charge in [-0.1, -0.05) is 36.0 Å². The first-order chi connectivity index (χ1) is 9.72. The molecular formula is C16H17Cl2NO. The number of rotatable bonds is 4. The lowest BCUT2D eigenvalue weighted by atomic mass is 10.2. The summed E-state index contributed by atoms with van der Waals surface area (Å²) in [6, 6.07) is 9.98. The molecule has 0 unspecified atom stereocenters. The summed E-state index contributed by atoms with van der Waals surface area (Å²) in [6.45, 7) is 0.767. The standard InChI is InChI=1S/C16H17Cl2NO/c17-11-5-7-15(18)14(9-11)16-8-6-13(20-16)10-19-12-3-1-2-4-12/h5-9,12,19H,1-4,10H2. The predicted octanol–water partition coefficient (Wildman–Crippen LogP) is 5.29. The highest BCUT2D eigenvalue weighted by atomic mass is 35.5. The normalized spacial score (nSPS) is 15.9. The zero-order valence-corrected chi connectivity index (χ0v) is 12.7. The van der Waals surface area contributed by atoms with E-state index in [4.69, 9.17) is 27.6 Å². The number of hydrogen-bond donors (Lipinski definition) is 1. The van der Waals surface area contributed by atoms with E-state index in [9.17, 15) is 0 Å². The summed E-state index contributed by atoms with van der Waals surface area (Å²) >= 11 is 12.2. The molecular weight excluding hydrogens is 293 g/mol. The van der Waals surface area contributed by atoms with Gasteiger partial charge in [0.1, 0.15) is 11.5 Å². The van der Waals surface area contributed by atoms with Gasteiger partial charge in [-0.25, -0.2) is 0 Å². The highest BCUT2D eigenvalue weighted by molar-refractivity contribution is 6.35. The summed E-state index contributed by atoms with van der Waals surface area (Å²) in [5.74, 6) is 1.70. The SMILES string of the molecule is Clc1ccc(Cl)c(-c2ccc(CNC3CCCC3)o2)c1. The minimum absolute atomic E-state index is 0.637. The van der Waals surface area contributed by atoms with E-state index in [2.05, 4.69) is 5.32 Å². The van der Waals surface area contributed by atoms with Crippen LogP contribution in [0.5, 0.6) is 0 Å². The highest BCUT2D eigenvalue weighted by Crippen LogP contribution is 2.31. The number of benzene rings is 1. The Morgan fingerprint density at radius 2 is 1.90 bits per heavy atom. The Bertz CT molecular complexity index is 588. The number of halogens is 2. The van der Waals surface area contributed by atoms with E-state index < -0.39 is 0 Å². The van der Waals surface area contributed by atoms with Gasteiger partial charge in [0.05, 0.1) is 11.6 Å². The fourth-order valence-corrected chi connectivity index (χ4v) is 3.06. The maximum atomic E-state index is 6.19. The van der Waals surface area contributed by atoms with Gasteiger partial charge in [0.25, 0.3) is 0 Å². The zero-order chi connectivity index (χ0) is 13.9. The molecule has 20 heavy (non-hydrogen) atoms. The lowest BCUT2D eigenvalue weighted by Gasteiger charge is -2.09. The van der Waals surface area contributed by atoms with Crippen molar-refractivity contribution in [2.24, 2.45) is 0 Å². The first-order valence-electron chi connectivity index (χ1n) is 7.00. The molecule has 1 aliphatic carbocycles. The van der Waals surface area contributed by atoms with Crippen LogP contribution >= 0.6 is 23.2 Å². The van der Waals surface area contributed by atoms with Crippen LogP contribution < -0.4 is 5.32 Å². The molecule has 1 fully saturated rings. The van der Waals surface area contributed by atoms with Gasteiger partial charge in [0.15, 0.2) is 0 Å². The number of furan rings is 1. The van der Waals surface area contributed by atoms with Crippen LogP contribution in [-0.2, 0) is 6.54 Å². The van der Waals surface area contributed by atoms with Crippen molar-refractivity contribution in [2.75, 3.05) is 0 Å². The summed E-state index contributed by atoms with van der Waals surface area (Å²) in [6.07, 6.45) is 5.21. The monoisotopic (exact) mass is 309 g/mol. The van der Waals surface area contributed by atoms with E-state index in [0.29, 0.717) is 16.1 Å². The fourth-order valence-electron chi connectivity index (χ4n) is 2.68. The van der Waals surface area contributed by atoms with Crippen LogP contribution in [-0.4, -0.2) is 6.04 Å². The molecule has 4 heteroatoms. The van der Waals surface area contributed by atoms with Gasteiger partial charge in [-0.2, -0.15) is 0 Å². The van der Waals surface area contributed by atoms with Gasteiger partial charge >= 0.3 is 0 Å². The van der Waals surface area contributed by atoms with E-state index in [0.717, 1.165) is 23.6 Å². The van der Waals surface area contributed by atoms with Crippen LogP contribution in [0.3, 0.4) is 0 Å². The highest BCUT2D eigenvalue weighted by Gasteiger charge is 2.15. The largest absolute Gasteiger partial charge is 0.460 e. The quantitative estimate of drug-likeness (QED) is 0.830. The average Bonchev–Trinajstić information content (AvgIpc) is 3.10. The van der Waals surface area contributed by atoms with Crippen molar-refractivity contribution < 1.29 is 4.42 Å². The lowest BCUT2D eigenvalue weighted by molar-refractivity contribution is 0.452. The molecule has 0 bridgehead atoms. The maximum absolute atomic E-state index is 6.19. The van der Waals surface area contributed by atoms with E-state index in [-0.39, 0.29) is 0 Å². The van der Waals surface area contributed by atoms with Gasteiger partial charge in [-0.3, -0.25) is 0 Å². The van der Waals surface area contributed by atoms with Crippen molar-refractivity contribution in [1.29, 1.82) is 0 Å². The average molecular weight is 310 g/mol. The second-order valence-electron chi connectivity index (χ2n) is 5.25. The molecule has 0 radical (unpaired) electrons. The molecule has 2 aromatic rings. The van der Waals surface area contributed by atoms with Gasteiger partial charge in [-0.15, -0.1) is 0 Å². The molecule has 1 saturated carbocycles. The van der Waals surface area contributed by atoms with Crippen LogP contribution in [0.1, 0.15) is 31.4 Å². The third kappa shape index (κ3) is 3.20. The van der Waals surface area contributed by atoms with Gasteiger partial charge in [0.2, 0.25) is 0 Å². The molecule has 1 aromatic carbocycles. The van der Waals surface area contributed by atoms with Crippen molar-refractivity contribution >= 4 is 23.2 Å². The van der Waals surface area contributed by atoms with Crippen molar-refractivity contribution in [3.8, 4) is 11.3 Å². The molecule has 0 amide bonds. The fraction of sp³-hybridized carbons (Fsp3) is 0.375. The third-order valence-corrected chi connectivity index (χ3v) is 4.34. The topological polar surface area (TPSA) is 25.2 Å². The first kappa shape index (κ1) is 14.0. The van der Waals surface area contributed by atoms with Crippen LogP contribution in [0, 0.1) is 0 Å². The Labute approximate surface area is 129 Å². The van der Waals surface area contributed by atoms with Crippen molar-refractivity contribution in [2.45, 2.75) is 38.3 Å². The zero-order valence-electron chi connectivity index (χ0n) is 11.2. The molecule has 1 aromatic heterocycles. The summed E-state index contributed by atoms with van der Waals surface area (Å²) in [7, 11) is 0. The van der Waals surface area contributed by atoms with E-state index in [1.165, 1.54) is 25.7 Å². The summed E-state index contributed by atoms with van der Waals surface area (Å²) in [4.78, 5) is 0. The Morgan fingerprint density at radius 1 is 1.10 bits per heavy atom. The predicted molar refractivity (Wildman–Crippen MR) is 83.3 cm³/mol. The van der Waals surface area contributed by atoms with Crippen LogP contribution in [0.25, 0.3) is 11.3 Å². The lowest BCUT2D eigenvalue weighted by Crippen LogP contribution is -2.24. The molecule has 0 aliphatic heterocycles.